The van der Waals surface area contributed by atoms with Crippen LogP contribution in [0.5, 0.6) is 11.6 Å². The summed E-state index contributed by atoms with van der Waals surface area (Å²) in [5.74, 6) is 2.11. The fraction of sp³-hybridized carbons (Fsp3) is 0.615. The van der Waals surface area contributed by atoms with Gasteiger partial charge in [0.15, 0.2) is 11.9 Å². The summed E-state index contributed by atoms with van der Waals surface area (Å²) in [5, 5.41) is 9.09. The third-order valence-corrected chi connectivity index (χ3v) is 3.40. The Morgan fingerprint density at radius 3 is 2.89 bits per heavy atom. The van der Waals surface area contributed by atoms with Gasteiger partial charge < -0.3 is 19.5 Å². The Balaban J connectivity index is 1.81. The number of hydrogen-bond acceptors (Lipinski definition) is 5. The van der Waals surface area contributed by atoms with Crippen LogP contribution in [0.3, 0.4) is 0 Å². The lowest BCUT2D eigenvalue weighted by Gasteiger charge is -2.30. The van der Waals surface area contributed by atoms with Crippen LogP contribution in [0.15, 0.2) is 12.1 Å². The van der Waals surface area contributed by atoms with E-state index in [9.17, 15) is 0 Å². The molecule has 1 atom stereocenters. The van der Waals surface area contributed by atoms with Crippen LogP contribution in [0.25, 0.3) is 0 Å². The van der Waals surface area contributed by atoms with E-state index in [0.29, 0.717) is 18.2 Å². The molecule has 1 N–H and O–H groups in total. The second-order valence-corrected chi connectivity index (χ2v) is 4.75. The van der Waals surface area contributed by atoms with E-state index >= 15 is 0 Å². The molecular weight excluding hydrogens is 232 g/mol. The van der Waals surface area contributed by atoms with Crippen molar-refractivity contribution in [3.05, 3.63) is 12.1 Å². The van der Waals surface area contributed by atoms with Gasteiger partial charge in [-0.25, -0.2) is 0 Å². The van der Waals surface area contributed by atoms with Gasteiger partial charge in [0.2, 0.25) is 0 Å². The number of ether oxygens (including phenoxy) is 2. The molecule has 1 unspecified atom stereocenters. The van der Waals surface area contributed by atoms with E-state index in [1.165, 1.54) is 19.3 Å². The third kappa shape index (κ3) is 2.22. The summed E-state index contributed by atoms with van der Waals surface area (Å²) in [7, 11) is 0. The van der Waals surface area contributed by atoms with Crippen molar-refractivity contribution in [1.82, 2.24) is 4.98 Å². The Kier molecular flexibility index (Phi) is 3.23. The van der Waals surface area contributed by atoms with Gasteiger partial charge in [-0.2, -0.15) is 4.98 Å². The summed E-state index contributed by atoms with van der Waals surface area (Å²) in [5.41, 5.74) is 0. The second-order valence-electron chi connectivity index (χ2n) is 4.75. The Morgan fingerprint density at radius 2 is 2.11 bits per heavy atom. The molecule has 98 valence electrons. The molecule has 0 spiro atoms. The van der Waals surface area contributed by atoms with Gasteiger partial charge in [0.05, 0.1) is 6.61 Å². The number of aliphatic hydroxyl groups excluding tert-OH is 1. The topological polar surface area (TPSA) is 54.8 Å². The molecule has 2 aliphatic heterocycles. The normalized spacial score (nSPS) is 22.9. The quantitative estimate of drug-likeness (QED) is 0.855. The highest BCUT2D eigenvalue weighted by atomic mass is 16.6. The number of rotatable bonds is 2. The zero-order chi connectivity index (χ0) is 12.4. The van der Waals surface area contributed by atoms with Gasteiger partial charge in [0.1, 0.15) is 12.4 Å². The predicted molar refractivity (Wildman–Crippen MR) is 67.3 cm³/mol. The molecule has 0 saturated carbocycles. The standard InChI is InChI=1S/C13H18N2O3/c16-8-10-9-17-11-4-5-12(14-13(11)18-10)15-6-2-1-3-7-15/h4-5,10,16H,1-3,6-9H2. The van der Waals surface area contributed by atoms with Gasteiger partial charge in [0.25, 0.3) is 5.88 Å². The first-order valence-electron chi connectivity index (χ1n) is 6.53. The van der Waals surface area contributed by atoms with Gasteiger partial charge in [-0.3, -0.25) is 0 Å². The summed E-state index contributed by atoms with van der Waals surface area (Å²) in [6, 6.07) is 3.88. The number of anilines is 1. The summed E-state index contributed by atoms with van der Waals surface area (Å²) < 4.78 is 11.1. The molecule has 3 heterocycles. The van der Waals surface area contributed by atoms with Crippen molar-refractivity contribution in [1.29, 1.82) is 0 Å². The highest BCUT2D eigenvalue weighted by Crippen LogP contribution is 2.32. The number of hydrogen-bond donors (Lipinski definition) is 1. The summed E-state index contributed by atoms with van der Waals surface area (Å²) in [6.07, 6.45) is 3.43. The summed E-state index contributed by atoms with van der Waals surface area (Å²) in [4.78, 5) is 6.78. The number of nitrogens with zero attached hydrogens (tertiary/aromatic N) is 2. The van der Waals surface area contributed by atoms with E-state index < -0.39 is 0 Å². The molecule has 1 aromatic heterocycles. The molecule has 0 amide bonds. The number of aliphatic hydroxyl groups is 1. The van der Waals surface area contributed by atoms with E-state index in [1.807, 2.05) is 12.1 Å². The molecular formula is C13H18N2O3. The second kappa shape index (κ2) is 5.02. The van der Waals surface area contributed by atoms with Crippen molar-refractivity contribution in [2.75, 3.05) is 31.2 Å². The van der Waals surface area contributed by atoms with Crippen molar-refractivity contribution >= 4 is 5.82 Å². The maximum absolute atomic E-state index is 9.09. The van der Waals surface area contributed by atoms with Crippen LogP contribution in [-0.2, 0) is 0 Å². The minimum absolute atomic E-state index is 0.0466. The van der Waals surface area contributed by atoms with Crippen molar-refractivity contribution in [3.8, 4) is 11.6 Å². The molecule has 1 fully saturated rings. The zero-order valence-electron chi connectivity index (χ0n) is 10.3. The van der Waals surface area contributed by atoms with Gasteiger partial charge in [-0.1, -0.05) is 0 Å². The lowest BCUT2D eigenvalue weighted by atomic mass is 10.1. The average molecular weight is 250 g/mol. The van der Waals surface area contributed by atoms with E-state index in [-0.39, 0.29) is 12.7 Å². The molecule has 1 saturated heterocycles. The van der Waals surface area contributed by atoms with Crippen LogP contribution in [0, 0.1) is 0 Å². The van der Waals surface area contributed by atoms with Crippen LogP contribution in [0.4, 0.5) is 5.82 Å². The Morgan fingerprint density at radius 1 is 1.28 bits per heavy atom. The highest BCUT2D eigenvalue weighted by Gasteiger charge is 2.23. The lowest BCUT2D eigenvalue weighted by molar-refractivity contribution is 0.0412. The number of pyridine rings is 1. The molecule has 5 nitrogen and oxygen atoms in total. The Bertz CT molecular complexity index is 419. The van der Waals surface area contributed by atoms with Crippen LogP contribution in [-0.4, -0.2) is 42.5 Å². The van der Waals surface area contributed by atoms with Crippen molar-refractivity contribution in [3.63, 3.8) is 0 Å². The van der Waals surface area contributed by atoms with Crippen LogP contribution in [0.2, 0.25) is 0 Å². The summed E-state index contributed by atoms with van der Waals surface area (Å²) >= 11 is 0. The fourth-order valence-electron chi connectivity index (χ4n) is 2.38. The third-order valence-electron chi connectivity index (χ3n) is 3.40. The van der Waals surface area contributed by atoms with Gasteiger partial charge in [-0.15, -0.1) is 0 Å². The predicted octanol–water partition coefficient (Wildman–Crippen LogP) is 1.20. The molecule has 3 rings (SSSR count). The number of piperidine rings is 1. The highest BCUT2D eigenvalue weighted by molar-refractivity contribution is 5.47. The minimum atomic E-state index is -0.304. The van der Waals surface area contributed by atoms with Crippen molar-refractivity contribution in [2.24, 2.45) is 0 Å². The van der Waals surface area contributed by atoms with Gasteiger partial charge in [-0.05, 0) is 31.4 Å². The first-order valence-corrected chi connectivity index (χ1v) is 6.53. The smallest absolute Gasteiger partial charge is 0.259 e. The molecule has 0 radical (unpaired) electrons. The molecule has 2 aliphatic rings. The summed E-state index contributed by atoms with van der Waals surface area (Å²) in [6.45, 7) is 2.44. The monoisotopic (exact) mass is 250 g/mol. The zero-order valence-corrected chi connectivity index (χ0v) is 10.3. The first kappa shape index (κ1) is 11.6. The maximum atomic E-state index is 9.09. The SMILES string of the molecule is OCC1COc2ccc(N3CCCCC3)nc2O1. The van der Waals surface area contributed by atoms with E-state index in [1.54, 1.807) is 0 Å². The average Bonchev–Trinajstić information content (AvgIpc) is 2.47. The lowest BCUT2D eigenvalue weighted by Crippen LogP contribution is -2.34. The van der Waals surface area contributed by atoms with Crippen molar-refractivity contribution < 1.29 is 14.6 Å². The van der Waals surface area contributed by atoms with Gasteiger partial charge in [0, 0.05) is 13.1 Å². The van der Waals surface area contributed by atoms with E-state index in [0.717, 1.165) is 18.9 Å². The van der Waals surface area contributed by atoms with E-state index in [4.69, 9.17) is 14.6 Å². The molecule has 18 heavy (non-hydrogen) atoms. The molecule has 0 bridgehead atoms. The minimum Gasteiger partial charge on any atom is -0.484 e. The first-order chi connectivity index (χ1) is 8.86. The number of aromatic nitrogens is 1. The van der Waals surface area contributed by atoms with E-state index in [2.05, 4.69) is 9.88 Å². The van der Waals surface area contributed by atoms with Gasteiger partial charge >= 0.3 is 0 Å². The fourth-order valence-corrected chi connectivity index (χ4v) is 2.38. The Hall–Kier alpha value is -1.49. The molecule has 5 heteroatoms. The van der Waals surface area contributed by atoms with Crippen LogP contribution < -0.4 is 14.4 Å². The van der Waals surface area contributed by atoms with Crippen LogP contribution in [0.1, 0.15) is 19.3 Å². The molecule has 1 aromatic rings. The molecule has 0 aromatic carbocycles. The Labute approximate surface area is 106 Å². The van der Waals surface area contributed by atoms with Crippen molar-refractivity contribution in [2.45, 2.75) is 25.4 Å². The number of fused-ring (bicyclic) bond motifs is 1. The maximum Gasteiger partial charge on any atom is 0.259 e. The van der Waals surface area contributed by atoms with Crippen LogP contribution >= 0.6 is 0 Å². The molecule has 0 aliphatic carbocycles. The largest absolute Gasteiger partial charge is 0.484 e.